The van der Waals surface area contributed by atoms with Gasteiger partial charge >= 0.3 is 41.1 Å². The Hall–Kier alpha value is -1.02. The molecular formula is C3H6MgO7. The molecule has 0 aliphatic heterocycles. The van der Waals surface area contributed by atoms with Crippen molar-refractivity contribution in [3.05, 3.63) is 0 Å². The summed E-state index contributed by atoms with van der Waals surface area (Å²) in [6, 6.07) is 0. The Morgan fingerprint density at radius 3 is 0.818 bits per heavy atom. The van der Waals surface area contributed by atoms with E-state index in [9.17, 15) is 0 Å². The molecule has 0 fully saturated rings. The van der Waals surface area contributed by atoms with Gasteiger partial charge in [-0.15, -0.1) is 0 Å². The van der Waals surface area contributed by atoms with Gasteiger partial charge in [0.2, 0.25) is 0 Å². The highest BCUT2D eigenvalue weighted by molar-refractivity contribution is 6.27. The fraction of sp³-hybridized carbons (Fsp3) is 0. The van der Waals surface area contributed by atoms with Crippen molar-refractivity contribution in [3.63, 3.8) is 0 Å². The summed E-state index contributed by atoms with van der Waals surface area (Å²) in [5.74, 6) is -3.65. The van der Waals surface area contributed by atoms with Gasteiger partial charge in [-0.05, 0) is 0 Å². The van der Waals surface area contributed by atoms with Crippen molar-refractivity contribution in [2.24, 2.45) is 0 Å². The maximum atomic E-state index is 9.10. The molecule has 0 heterocycles. The van der Waals surface area contributed by atoms with Gasteiger partial charge in [-0.25, -0.2) is 14.4 Å². The van der Waals surface area contributed by atoms with Gasteiger partial charge in [-0.2, -0.15) is 0 Å². The molecule has 0 amide bonds. The van der Waals surface area contributed by atoms with Crippen molar-refractivity contribution < 1.29 is 34.8 Å². The van der Waals surface area contributed by atoms with E-state index in [4.69, 9.17) is 34.8 Å². The average molecular weight is 178 g/mol. The van der Waals surface area contributed by atoms with E-state index in [0.717, 1.165) is 0 Å². The van der Waals surface area contributed by atoms with Crippen molar-refractivity contribution in [2.45, 2.75) is 0 Å². The summed E-state index contributed by atoms with van der Waals surface area (Å²) < 4.78 is 0. The molecule has 0 aliphatic rings. The van der Waals surface area contributed by atoms with E-state index in [1.807, 2.05) is 0 Å². The number of hydrogen-bond donors (Lipinski definition) is 4. The zero-order chi connectivity index (χ0) is 8.73. The lowest BCUT2D eigenvalue weighted by Gasteiger charge is -1.72. The van der Waals surface area contributed by atoms with Crippen molar-refractivity contribution >= 4 is 41.1 Å². The van der Waals surface area contributed by atoms with Gasteiger partial charge in [0.1, 0.15) is 0 Å². The van der Waals surface area contributed by atoms with Crippen LogP contribution in [0.1, 0.15) is 0 Å². The Labute approximate surface area is 76.4 Å². The third-order valence-corrected chi connectivity index (χ3v) is 0.183. The highest BCUT2D eigenvalue weighted by atomic mass is 24.3. The number of rotatable bonds is 0. The van der Waals surface area contributed by atoms with Crippen LogP contribution in [0.25, 0.3) is 0 Å². The van der Waals surface area contributed by atoms with Crippen LogP contribution < -0.4 is 0 Å². The minimum Gasteiger partial charge on any atom is -0.473 e. The number of carboxylic acid groups (broad SMARTS) is 4. The van der Waals surface area contributed by atoms with Crippen molar-refractivity contribution in [1.29, 1.82) is 0 Å². The SMILES string of the molecule is O=C(O)C(=O)O.O=C(O)O.[MgH2]. The Bertz CT molecular complexity index is 136. The van der Waals surface area contributed by atoms with Gasteiger partial charge in [-0.3, -0.25) is 0 Å². The lowest BCUT2D eigenvalue weighted by atomic mass is 10.7. The molecule has 7 nitrogen and oxygen atoms in total. The maximum absolute atomic E-state index is 9.10. The van der Waals surface area contributed by atoms with Crippen molar-refractivity contribution in [2.75, 3.05) is 0 Å². The van der Waals surface area contributed by atoms with E-state index in [1.54, 1.807) is 0 Å². The van der Waals surface area contributed by atoms with E-state index >= 15 is 0 Å². The highest BCUT2D eigenvalue weighted by Crippen LogP contribution is 1.56. The molecule has 4 N–H and O–H groups in total. The molecule has 62 valence electrons. The monoisotopic (exact) mass is 178 g/mol. The van der Waals surface area contributed by atoms with E-state index in [1.165, 1.54) is 0 Å². The first-order chi connectivity index (χ1) is 4.37. The van der Waals surface area contributed by atoms with Gasteiger partial charge in [0.25, 0.3) is 0 Å². The summed E-state index contributed by atoms with van der Waals surface area (Å²) >= 11 is 0. The summed E-state index contributed by atoms with van der Waals surface area (Å²) in [5, 5.41) is 28.7. The Kier molecular flexibility index (Phi) is 13.5. The van der Waals surface area contributed by atoms with Crippen LogP contribution in [-0.2, 0) is 9.59 Å². The molecule has 11 heavy (non-hydrogen) atoms. The third kappa shape index (κ3) is 49.3. The lowest BCUT2D eigenvalue weighted by Crippen LogP contribution is -2.09. The summed E-state index contributed by atoms with van der Waals surface area (Å²) in [4.78, 5) is 26.8. The standard InChI is InChI=1S/C2H2O4.CH2O3.Mg.2H/c3-1(4)2(5)6;2-1(3)4;;;/h(H,3,4)(H,5,6);(H2,2,3,4);;;. The fourth-order valence-corrected chi connectivity index (χ4v) is 0. The predicted octanol–water partition coefficient (Wildman–Crippen LogP) is -1.54. The first-order valence-corrected chi connectivity index (χ1v) is 1.76. The first-order valence-electron chi connectivity index (χ1n) is 1.76. The molecule has 0 bridgehead atoms. The molecule has 0 aromatic rings. The highest BCUT2D eigenvalue weighted by Gasteiger charge is 2.04. The summed E-state index contributed by atoms with van der Waals surface area (Å²) in [6.45, 7) is 0. The molecule has 0 radical (unpaired) electrons. The van der Waals surface area contributed by atoms with E-state index in [0.29, 0.717) is 0 Å². The molecule has 0 aromatic heterocycles. The third-order valence-electron chi connectivity index (χ3n) is 0.183. The van der Waals surface area contributed by atoms with Crippen LogP contribution in [0.4, 0.5) is 4.79 Å². The quantitative estimate of drug-likeness (QED) is 0.261. The van der Waals surface area contributed by atoms with E-state index in [-0.39, 0.29) is 23.1 Å². The summed E-state index contributed by atoms with van der Waals surface area (Å²) in [7, 11) is 0. The first kappa shape index (κ1) is 16.5. The van der Waals surface area contributed by atoms with Crippen LogP contribution in [0.2, 0.25) is 0 Å². The molecule has 0 atom stereocenters. The van der Waals surface area contributed by atoms with Gasteiger partial charge in [0, 0.05) is 0 Å². The number of carboxylic acids is 2. The Morgan fingerprint density at radius 1 is 0.727 bits per heavy atom. The average Bonchev–Trinajstić information content (AvgIpc) is 1.63. The summed E-state index contributed by atoms with van der Waals surface area (Å²) in [5.41, 5.74) is 0. The maximum Gasteiger partial charge on any atom is 0.503 e. The molecule has 0 saturated carbocycles. The molecule has 0 spiro atoms. The van der Waals surface area contributed by atoms with Crippen LogP contribution in [0.5, 0.6) is 0 Å². The Morgan fingerprint density at radius 2 is 0.818 bits per heavy atom. The second kappa shape index (κ2) is 8.98. The zero-order valence-corrected chi connectivity index (χ0v) is 4.51. The minimum absolute atomic E-state index is 0. The molecule has 0 unspecified atom stereocenters. The van der Waals surface area contributed by atoms with Gasteiger partial charge in [-0.1, -0.05) is 0 Å². The second-order valence-corrected chi connectivity index (χ2v) is 0.893. The summed E-state index contributed by atoms with van der Waals surface area (Å²) in [6.07, 6.45) is -1.83. The number of aliphatic carboxylic acids is 2. The molecule has 0 aliphatic carbocycles. The van der Waals surface area contributed by atoms with Gasteiger partial charge < -0.3 is 20.4 Å². The number of carbonyl (C=O) groups is 3. The second-order valence-electron chi connectivity index (χ2n) is 0.893. The van der Waals surface area contributed by atoms with Gasteiger partial charge in [0.15, 0.2) is 0 Å². The molecule has 0 saturated heterocycles. The van der Waals surface area contributed by atoms with Crippen LogP contribution in [0.3, 0.4) is 0 Å². The molecular weight excluding hydrogens is 172 g/mol. The van der Waals surface area contributed by atoms with Crippen molar-refractivity contribution in [1.82, 2.24) is 0 Å². The van der Waals surface area contributed by atoms with Gasteiger partial charge in [0.05, 0.1) is 0 Å². The number of hydrogen-bond acceptors (Lipinski definition) is 3. The van der Waals surface area contributed by atoms with Crippen molar-refractivity contribution in [3.8, 4) is 0 Å². The van der Waals surface area contributed by atoms with Crippen LogP contribution >= 0.6 is 0 Å². The molecule has 0 aromatic carbocycles. The van der Waals surface area contributed by atoms with Crippen LogP contribution in [0, 0.1) is 0 Å². The van der Waals surface area contributed by atoms with E-state index in [2.05, 4.69) is 0 Å². The normalized spacial score (nSPS) is 6.18. The molecule has 8 heteroatoms. The fourth-order valence-electron chi connectivity index (χ4n) is 0. The smallest absolute Gasteiger partial charge is 0.473 e. The zero-order valence-electron chi connectivity index (χ0n) is 4.51. The molecule has 0 rings (SSSR count). The topological polar surface area (TPSA) is 132 Å². The Balaban J connectivity index is -0.000000114. The predicted molar refractivity (Wildman–Crippen MR) is 34.5 cm³/mol. The van der Waals surface area contributed by atoms with E-state index < -0.39 is 18.1 Å². The van der Waals surface area contributed by atoms with Crippen LogP contribution in [-0.4, -0.2) is 61.6 Å². The largest absolute Gasteiger partial charge is 0.503 e. The lowest BCUT2D eigenvalue weighted by molar-refractivity contribution is -0.159. The van der Waals surface area contributed by atoms with Crippen LogP contribution in [0.15, 0.2) is 0 Å². The minimum atomic E-state index is -1.83.